The zero-order valence-electron chi connectivity index (χ0n) is 29.7. The van der Waals surface area contributed by atoms with Gasteiger partial charge in [0.15, 0.2) is 0 Å². The van der Waals surface area contributed by atoms with E-state index in [0.717, 1.165) is 33.8 Å². The third kappa shape index (κ3) is 5.53. The Labute approximate surface area is 315 Å². The molecule has 0 bridgehead atoms. The first-order valence-corrected chi connectivity index (χ1v) is 18.5. The summed E-state index contributed by atoms with van der Waals surface area (Å²) in [5.74, 6) is 0. The van der Waals surface area contributed by atoms with Crippen molar-refractivity contribution in [1.29, 1.82) is 0 Å². The predicted molar refractivity (Wildman–Crippen MR) is 229 cm³/mol. The van der Waals surface area contributed by atoms with Gasteiger partial charge in [-0.1, -0.05) is 164 Å². The van der Waals surface area contributed by atoms with Crippen molar-refractivity contribution in [2.24, 2.45) is 0 Å². The summed E-state index contributed by atoms with van der Waals surface area (Å²) in [6.45, 7) is 0. The van der Waals surface area contributed by atoms with Gasteiger partial charge in [0.2, 0.25) is 0 Å². The molecule has 0 amide bonds. The molecule has 0 saturated carbocycles. The molecule has 1 heterocycles. The van der Waals surface area contributed by atoms with Crippen molar-refractivity contribution < 1.29 is 0 Å². The minimum atomic E-state index is 1.09. The number of para-hydroxylation sites is 2. The lowest BCUT2D eigenvalue weighted by Gasteiger charge is -2.29. The lowest BCUT2D eigenvalue weighted by molar-refractivity contribution is 1.18. The van der Waals surface area contributed by atoms with Gasteiger partial charge in [0.05, 0.1) is 22.4 Å². The molecule has 54 heavy (non-hydrogen) atoms. The predicted octanol–water partition coefficient (Wildman–Crippen LogP) is 14.4. The molecule has 0 atom stereocenters. The largest absolute Gasteiger partial charge is 0.309 e. The summed E-state index contributed by atoms with van der Waals surface area (Å²) in [7, 11) is 0. The van der Waals surface area contributed by atoms with Crippen LogP contribution in [0.15, 0.2) is 218 Å². The fraction of sp³-hybridized carbons (Fsp3) is 0. The van der Waals surface area contributed by atoms with Crippen LogP contribution in [0.3, 0.4) is 0 Å². The average Bonchev–Trinajstić information content (AvgIpc) is 3.60. The molecule has 9 aromatic carbocycles. The Morgan fingerprint density at radius 2 is 0.907 bits per heavy atom. The smallest absolute Gasteiger partial charge is 0.0562 e. The molecule has 1 aromatic heterocycles. The number of benzene rings is 9. The number of rotatable bonds is 7. The number of nitrogens with zero attached hydrogens (tertiary/aromatic N) is 2. The number of hydrogen-bond acceptors (Lipinski definition) is 1. The van der Waals surface area contributed by atoms with Crippen molar-refractivity contribution in [2.45, 2.75) is 0 Å². The lowest BCUT2D eigenvalue weighted by atomic mass is 9.95. The Morgan fingerprint density at radius 3 is 1.69 bits per heavy atom. The normalized spacial score (nSPS) is 11.3. The fourth-order valence-electron chi connectivity index (χ4n) is 8.01. The zero-order chi connectivity index (χ0) is 35.8. The summed E-state index contributed by atoms with van der Waals surface area (Å²) in [5.41, 5.74) is 13.9. The van der Waals surface area contributed by atoms with Crippen LogP contribution in [-0.2, 0) is 0 Å². The molecule has 0 aliphatic rings. The van der Waals surface area contributed by atoms with Crippen molar-refractivity contribution >= 4 is 49.6 Å². The first-order chi connectivity index (χ1) is 26.8. The third-order valence-electron chi connectivity index (χ3n) is 10.6. The Balaban J connectivity index is 1.27. The second kappa shape index (κ2) is 13.4. The van der Waals surface area contributed by atoms with Gasteiger partial charge in [-0.15, -0.1) is 0 Å². The van der Waals surface area contributed by atoms with E-state index in [0.29, 0.717) is 0 Å². The highest BCUT2D eigenvalue weighted by molar-refractivity contribution is 6.17. The molecule has 10 aromatic rings. The number of anilines is 3. The van der Waals surface area contributed by atoms with Gasteiger partial charge >= 0.3 is 0 Å². The maximum atomic E-state index is 2.48. The van der Waals surface area contributed by atoms with Crippen molar-refractivity contribution in [3.63, 3.8) is 0 Å². The van der Waals surface area contributed by atoms with Crippen LogP contribution in [0.2, 0.25) is 0 Å². The highest BCUT2D eigenvalue weighted by atomic mass is 15.2. The zero-order valence-corrected chi connectivity index (χ0v) is 29.7. The van der Waals surface area contributed by atoms with Crippen LogP contribution in [0, 0.1) is 0 Å². The molecule has 0 unspecified atom stereocenters. The quantitative estimate of drug-likeness (QED) is 0.162. The molecule has 0 saturated heterocycles. The first kappa shape index (κ1) is 31.6. The van der Waals surface area contributed by atoms with Gasteiger partial charge in [-0.3, -0.25) is 0 Å². The first-order valence-electron chi connectivity index (χ1n) is 18.5. The van der Waals surface area contributed by atoms with Gasteiger partial charge in [-0.2, -0.15) is 0 Å². The van der Waals surface area contributed by atoms with E-state index < -0.39 is 0 Å². The van der Waals surface area contributed by atoms with Crippen LogP contribution >= 0.6 is 0 Å². The van der Waals surface area contributed by atoms with Crippen molar-refractivity contribution in [3.8, 4) is 39.1 Å². The van der Waals surface area contributed by atoms with E-state index in [2.05, 4.69) is 228 Å². The molecule has 0 aliphatic carbocycles. The van der Waals surface area contributed by atoms with Crippen LogP contribution in [0.5, 0.6) is 0 Å². The Bertz CT molecular complexity index is 2910. The van der Waals surface area contributed by atoms with Crippen LogP contribution < -0.4 is 4.90 Å². The highest BCUT2D eigenvalue weighted by Crippen LogP contribution is 2.48. The van der Waals surface area contributed by atoms with Gasteiger partial charge in [-0.25, -0.2) is 0 Å². The summed E-state index contributed by atoms with van der Waals surface area (Å²) in [4.78, 5) is 2.48. The van der Waals surface area contributed by atoms with Gasteiger partial charge in [-0.05, 0) is 93.2 Å². The lowest BCUT2D eigenvalue weighted by Crippen LogP contribution is -2.12. The molecule has 2 heteroatoms. The number of hydrogen-bond donors (Lipinski definition) is 0. The van der Waals surface area contributed by atoms with Crippen molar-refractivity contribution in [3.05, 3.63) is 218 Å². The molecule has 0 aliphatic heterocycles. The van der Waals surface area contributed by atoms with Crippen LogP contribution in [0.25, 0.3) is 71.6 Å². The third-order valence-corrected chi connectivity index (χ3v) is 10.6. The van der Waals surface area contributed by atoms with E-state index in [4.69, 9.17) is 0 Å². The summed E-state index contributed by atoms with van der Waals surface area (Å²) in [5, 5.41) is 4.89. The molecule has 0 radical (unpaired) electrons. The second-order valence-electron chi connectivity index (χ2n) is 13.8. The molecule has 0 N–H and O–H groups in total. The molecule has 2 nitrogen and oxygen atoms in total. The number of aromatic nitrogens is 1. The molecular weight excluding hydrogens is 653 g/mol. The standard InChI is InChI=1S/C52H36N2/c1-4-15-37(16-5-1)39-29-32-45(33-30-39)54(50-26-14-25-49-52(50)47-23-12-13-24-48(47)53(49)44-21-8-3-9-22-44)51-36-43(31-34-46(51)40-18-6-2-7-19-40)42-28-27-38-17-10-11-20-41(38)35-42/h1-36H. The summed E-state index contributed by atoms with van der Waals surface area (Å²) in [6.07, 6.45) is 0. The maximum Gasteiger partial charge on any atom is 0.0562 e. The average molecular weight is 689 g/mol. The van der Waals surface area contributed by atoms with Crippen LogP contribution in [0.4, 0.5) is 17.1 Å². The summed E-state index contributed by atoms with van der Waals surface area (Å²) in [6, 6.07) is 79.0. The van der Waals surface area contributed by atoms with Gasteiger partial charge in [0, 0.05) is 27.7 Å². The van der Waals surface area contributed by atoms with E-state index >= 15 is 0 Å². The van der Waals surface area contributed by atoms with E-state index in [-0.39, 0.29) is 0 Å². The maximum absolute atomic E-state index is 2.48. The molecule has 254 valence electrons. The SMILES string of the molecule is c1ccc(-c2ccc(N(c3cc(-c4ccc5ccccc5c4)ccc3-c3ccccc3)c3cccc4c3c3ccccc3n4-c3ccccc3)cc2)cc1. The summed E-state index contributed by atoms with van der Waals surface area (Å²) < 4.78 is 2.40. The molecule has 10 rings (SSSR count). The van der Waals surface area contributed by atoms with Crippen LogP contribution in [-0.4, -0.2) is 4.57 Å². The van der Waals surface area contributed by atoms with Crippen molar-refractivity contribution in [2.75, 3.05) is 4.90 Å². The Kier molecular flexibility index (Phi) is 7.85. The fourth-order valence-corrected chi connectivity index (χ4v) is 8.01. The van der Waals surface area contributed by atoms with Gasteiger partial charge < -0.3 is 9.47 Å². The minimum absolute atomic E-state index is 1.09. The van der Waals surface area contributed by atoms with E-state index in [1.807, 2.05) is 0 Å². The Hall–Kier alpha value is -7.16. The summed E-state index contributed by atoms with van der Waals surface area (Å²) >= 11 is 0. The molecular formula is C52H36N2. The molecule has 0 fully saturated rings. The van der Waals surface area contributed by atoms with Gasteiger partial charge in [0.25, 0.3) is 0 Å². The highest BCUT2D eigenvalue weighted by Gasteiger charge is 2.24. The second-order valence-corrected chi connectivity index (χ2v) is 13.8. The van der Waals surface area contributed by atoms with Gasteiger partial charge in [0.1, 0.15) is 0 Å². The Morgan fingerprint density at radius 1 is 0.333 bits per heavy atom. The minimum Gasteiger partial charge on any atom is -0.309 e. The van der Waals surface area contributed by atoms with Crippen molar-refractivity contribution in [1.82, 2.24) is 4.57 Å². The van der Waals surface area contributed by atoms with E-state index in [9.17, 15) is 0 Å². The van der Waals surface area contributed by atoms with Crippen LogP contribution in [0.1, 0.15) is 0 Å². The van der Waals surface area contributed by atoms with E-state index in [1.54, 1.807) is 0 Å². The topological polar surface area (TPSA) is 8.17 Å². The van der Waals surface area contributed by atoms with E-state index in [1.165, 1.54) is 54.9 Å². The monoisotopic (exact) mass is 688 g/mol. The number of fused-ring (bicyclic) bond motifs is 4. The molecule has 0 spiro atoms.